The molecule has 134 valence electrons. The Bertz CT molecular complexity index is 1180. The molecule has 1 heterocycles. The number of amides is 1. The first-order chi connectivity index (χ1) is 12.2. The van der Waals surface area contributed by atoms with E-state index in [2.05, 4.69) is 0 Å². The molecule has 4 N–H and O–H groups in total. The second-order valence-corrected chi connectivity index (χ2v) is 7.50. The lowest BCUT2D eigenvalue weighted by Crippen LogP contribution is -2.23. The fraction of sp³-hybridized carbons (Fsp3) is 0.0588. The van der Waals surface area contributed by atoms with E-state index < -0.39 is 32.6 Å². The molecule has 0 bridgehead atoms. The van der Waals surface area contributed by atoms with Gasteiger partial charge in [0.25, 0.3) is 5.91 Å². The molecule has 3 aromatic rings. The highest BCUT2D eigenvalue weighted by Crippen LogP contribution is 2.33. The van der Waals surface area contributed by atoms with Crippen molar-refractivity contribution in [1.29, 1.82) is 0 Å². The van der Waals surface area contributed by atoms with Crippen LogP contribution in [0.3, 0.4) is 0 Å². The van der Waals surface area contributed by atoms with E-state index in [1.165, 1.54) is 6.07 Å². The van der Waals surface area contributed by atoms with Gasteiger partial charge in [-0.2, -0.15) is 0 Å². The van der Waals surface area contributed by atoms with Crippen LogP contribution in [0.1, 0.15) is 10.4 Å². The number of fused-ring (bicyclic) bond motifs is 1. The minimum atomic E-state index is -3.72. The van der Waals surface area contributed by atoms with E-state index in [9.17, 15) is 18.0 Å². The summed E-state index contributed by atoms with van der Waals surface area (Å²) in [6, 6.07) is 10.7. The second kappa shape index (κ2) is 6.19. The fourth-order valence-electron chi connectivity index (χ4n) is 2.44. The van der Waals surface area contributed by atoms with Crippen LogP contribution >= 0.6 is 0 Å². The van der Waals surface area contributed by atoms with E-state index in [-0.39, 0.29) is 21.6 Å². The molecule has 1 amide bonds. The van der Waals surface area contributed by atoms with Crippen LogP contribution in [-0.2, 0) is 9.84 Å². The zero-order valence-corrected chi connectivity index (χ0v) is 14.4. The monoisotopic (exact) mass is 374 g/mol. The van der Waals surface area contributed by atoms with Gasteiger partial charge >= 0.3 is 0 Å². The summed E-state index contributed by atoms with van der Waals surface area (Å²) in [4.78, 5) is 23.8. The number of benzene rings is 2. The number of carbonyl (C=O) groups excluding carboxylic acids is 1. The van der Waals surface area contributed by atoms with Crippen LogP contribution in [0, 0.1) is 0 Å². The summed E-state index contributed by atoms with van der Waals surface area (Å²) in [6.07, 6.45) is 0.991. The van der Waals surface area contributed by atoms with Gasteiger partial charge in [0.15, 0.2) is 9.84 Å². The van der Waals surface area contributed by atoms with E-state index in [0.717, 1.165) is 12.3 Å². The zero-order chi connectivity index (χ0) is 19.1. The van der Waals surface area contributed by atoms with E-state index in [4.69, 9.17) is 20.6 Å². The van der Waals surface area contributed by atoms with Crippen molar-refractivity contribution in [3.8, 4) is 11.5 Å². The number of ether oxygens (including phenoxy) is 1. The lowest BCUT2D eigenvalue weighted by atomic mass is 10.1. The first-order valence-electron chi connectivity index (χ1n) is 7.31. The smallest absolute Gasteiger partial charge is 0.258 e. The molecule has 0 saturated carbocycles. The molecule has 0 radical (unpaired) electrons. The number of nitrogens with two attached hydrogens (primary N) is 2. The van der Waals surface area contributed by atoms with Gasteiger partial charge in [-0.15, -0.1) is 0 Å². The molecule has 0 aliphatic heterocycles. The third-order valence-electron chi connectivity index (χ3n) is 3.60. The van der Waals surface area contributed by atoms with Crippen LogP contribution in [-0.4, -0.2) is 20.6 Å². The van der Waals surface area contributed by atoms with Crippen LogP contribution in [0.2, 0.25) is 0 Å². The Morgan fingerprint density at radius 3 is 2.38 bits per heavy atom. The van der Waals surface area contributed by atoms with E-state index in [1.807, 2.05) is 0 Å². The first kappa shape index (κ1) is 17.5. The molecule has 0 aliphatic rings. The number of rotatable bonds is 4. The van der Waals surface area contributed by atoms with Gasteiger partial charge in [-0.25, -0.2) is 8.42 Å². The van der Waals surface area contributed by atoms with Gasteiger partial charge in [-0.1, -0.05) is 18.2 Å². The van der Waals surface area contributed by atoms with Crippen LogP contribution in [0.15, 0.2) is 56.6 Å². The Hall–Kier alpha value is -3.33. The summed E-state index contributed by atoms with van der Waals surface area (Å²) < 4.78 is 35.1. The third kappa shape index (κ3) is 3.11. The average Bonchev–Trinajstić information content (AvgIpc) is 2.54. The van der Waals surface area contributed by atoms with Crippen molar-refractivity contribution >= 4 is 32.6 Å². The summed E-state index contributed by atoms with van der Waals surface area (Å²) in [7, 11) is -3.72. The van der Waals surface area contributed by atoms with Gasteiger partial charge in [-0.05, 0) is 18.2 Å². The lowest BCUT2D eigenvalue weighted by molar-refractivity contribution is 0.0999. The summed E-state index contributed by atoms with van der Waals surface area (Å²) in [5.74, 6) is -1.24. The molecule has 0 saturated heterocycles. The van der Waals surface area contributed by atoms with Crippen LogP contribution in [0.4, 0.5) is 5.88 Å². The zero-order valence-electron chi connectivity index (χ0n) is 13.6. The Kier molecular flexibility index (Phi) is 4.17. The molecule has 0 unspecified atom stereocenters. The molecule has 0 aliphatic carbocycles. The molecule has 3 rings (SSSR count). The molecule has 0 atom stereocenters. The highest BCUT2D eigenvalue weighted by atomic mass is 32.2. The van der Waals surface area contributed by atoms with Crippen LogP contribution < -0.4 is 21.6 Å². The molecule has 26 heavy (non-hydrogen) atoms. The number of sulfone groups is 1. The van der Waals surface area contributed by atoms with Crippen molar-refractivity contribution in [2.24, 2.45) is 5.73 Å². The topological polar surface area (TPSA) is 143 Å². The van der Waals surface area contributed by atoms with Crippen LogP contribution in [0.25, 0.3) is 11.0 Å². The van der Waals surface area contributed by atoms with Gasteiger partial charge in [0.1, 0.15) is 27.5 Å². The first-order valence-corrected chi connectivity index (χ1v) is 9.20. The number of carbonyl (C=O) groups is 1. The van der Waals surface area contributed by atoms with E-state index in [0.29, 0.717) is 5.75 Å². The van der Waals surface area contributed by atoms with E-state index >= 15 is 0 Å². The molecule has 0 spiro atoms. The molecule has 8 nitrogen and oxygen atoms in total. The standard InChI is InChI=1S/C17H14N2O6S/c1-26(22,23)13-8-11-10(15(20)14(16(18)21)17(19)25-11)7-12(13)24-9-5-3-2-4-6-9/h2-8H,19H2,1H3,(H2,18,21). The Balaban J connectivity index is 2.34. The van der Waals surface area contributed by atoms with Gasteiger partial charge in [0, 0.05) is 12.3 Å². The van der Waals surface area contributed by atoms with Crippen molar-refractivity contribution in [3.05, 3.63) is 58.3 Å². The van der Waals surface area contributed by atoms with Crippen molar-refractivity contribution in [1.82, 2.24) is 0 Å². The predicted molar refractivity (Wildman–Crippen MR) is 95.0 cm³/mol. The molecule has 0 fully saturated rings. The maximum absolute atomic E-state index is 12.5. The van der Waals surface area contributed by atoms with Gasteiger partial charge in [0.2, 0.25) is 11.3 Å². The maximum Gasteiger partial charge on any atom is 0.258 e. The maximum atomic E-state index is 12.5. The summed E-state index contributed by atoms with van der Waals surface area (Å²) >= 11 is 0. The summed E-state index contributed by atoms with van der Waals surface area (Å²) in [5, 5.41) is -0.0775. The van der Waals surface area contributed by atoms with Crippen molar-refractivity contribution < 1.29 is 22.4 Å². The SMILES string of the molecule is CS(=O)(=O)c1cc2oc(N)c(C(N)=O)c(=O)c2cc1Oc1ccccc1. The molecule has 9 heteroatoms. The molecular formula is C17H14N2O6S. The van der Waals surface area contributed by atoms with Crippen LogP contribution in [0.5, 0.6) is 11.5 Å². The minimum absolute atomic E-state index is 0.0775. The Morgan fingerprint density at radius 2 is 1.81 bits per heavy atom. The summed E-state index contributed by atoms with van der Waals surface area (Å²) in [5.41, 5.74) is 9.35. The van der Waals surface area contributed by atoms with Crippen molar-refractivity contribution in [2.75, 3.05) is 12.0 Å². The Labute approximate surface area is 147 Å². The van der Waals surface area contributed by atoms with Crippen molar-refractivity contribution in [2.45, 2.75) is 4.90 Å². The largest absolute Gasteiger partial charge is 0.456 e. The Morgan fingerprint density at radius 1 is 1.15 bits per heavy atom. The fourth-order valence-corrected chi connectivity index (χ4v) is 3.22. The van der Waals surface area contributed by atoms with Crippen molar-refractivity contribution in [3.63, 3.8) is 0 Å². The van der Waals surface area contributed by atoms with Gasteiger partial charge in [-0.3, -0.25) is 9.59 Å². The van der Waals surface area contributed by atoms with Gasteiger partial charge in [0.05, 0.1) is 5.39 Å². The number of anilines is 1. The number of hydrogen-bond donors (Lipinski definition) is 2. The highest BCUT2D eigenvalue weighted by Gasteiger charge is 2.22. The number of primary amides is 1. The normalized spacial score (nSPS) is 11.4. The number of hydrogen-bond acceptors (Lipinski definition) is 7. The minimum Gasteiger partial charge on any atom is -0.456 e. The van der Waals surface area contributed by atoms with Gasteiger partial charge < -0.3 is 20.6 Å². The van der Waals surface area contributed by atoms with E-state index in [1.54, 1.807) is 30.3 Å². The molecular weight excluding hydrogens is 360 g/mol. The predicted octanol–water partition coefficient (Wildman–Crippen LogP) is 1.67. The number of nitrogen functional groups attached to an aromatic ring is 1. The average molecular weight is 374 g/mol. The number of para-hydroxylation sites is 1. The molecule has 2 aromatic carbocycles. The quantitative estimate of drug-likeness (QED) is 0.707. The summed E-state index contributed by atoms with van der Waals surface area (Å²) in [6.45, 7) is 0. The third-order valence-corrected chi connectivity index (χ3v) is 4.72. The second-order valence-electron chi connectivity index (χ2n) is 5.52. The molecule has 1 aromatic heterocycles. The lowest BCUT2D eigenvalue weighted by Gasteiger charge is -2.12. The highest BCUT2D eigenvalue weighted by molar-refractivity contribution is 7.90.